The third kappa shape index (κ3) is 5.11. The Balaban J connectivity index is 0.00000180. The Morgan fingerprint density at radius 2 is 2.05 bits per heavy atom. The zero-order valence-electron chi connectivity index (χ0n) is 11.4. The van der Waals surface area contributed by atoms with Crippen LogP contribution in [0.15, 0.2) is 4.99 Å². The van der Waals surface area contributed by atoms with Gasteiger partial charge in [-0.05, 0) is 13.8 Å². The van der Waals surface area contributed by atoms with Gasteiger partial charge in [0.2, 0.25) is 0 Å². The highest BCUT2D eigenvalue weighted by atomic mass is 127. The van der Waals surface area contributed by atoms with Gasteiger partial charge < -0.3 is 10.6 Å². The SMILES string of the molecule is Cc1nc(CCN=C(N)N2CCSCC2)sc1C.I. The van der Waals surface area contributed by atoms with E-state index < -0.39 is 0 Å². The summed E-state index contributed by atoms with van der Waals surface area (Å²) >= 11 is 3.74. The van der Waals surface area contributed by atoms with Crippen molar-refractivity contribution >= 4 is 53.0 Å². The monoisotopic (exact) mass is 412 g/mol. The second-order valence-corrected chi connectivity index (χ2v) is 6.85. The van der Waals surface area contributed by atoms with Gasteiger partial charge >= 0.3 is 0 Å². The first kappa shape index (κ1) is 17.0. The standard InChI is InChI=1S/C12H20N4S2.HI/c1-9-10(2)18-11(15-9)3-4-14-12(13)16-5-7-17-8-6-16;/h3-8H2,1-2H3,(H2,13,14);1H. The van der Waals surface area contributed by atoms with Crippen LogP contribution in [-0.2, 0) is 6.42 Å². The molecule has 1 aliphatic heterocycles. The lowest BCUT2D eigenvalue weighted by Gasteiger charge is -2.27. The molecule has 1 aromatic heterocycles. The number of aromatic nitrogens is 1. The van der Waals surface area contributed by atoms with Crippen LogP contribution in [-0.4, -0.2) is 47.0 Å². The number of aryl methyl sites for hydroxylation is 2. The van der Waals surface area contributed by atoms with Gasteiger partial charge in [0, 0.05) is 42.4 Å². The van der Waals surface area contributed by atoms with Crippen molar-refractivity contribution in [3.63, 3.8) is 0 Å². The Labute approximate surface area is 140 Å². The average molecular weight is 412 g/mol. The van der Waals surface area contributed by atoms with Crippen molar-refractivity contribution in [2.24, 2.45) is 10.7 Å². The van der Waals surface area contributed by atoms with E-state index >= 15 is 0 Å². The summed E-state index contributed by atoms with van der Waals surface area (Å²) in [7, 11) is 0. The van der Waals surface area contributed by atoms with Crippen LogP contribution in [0, 0.1) is 13.8 Å². The first-order chi connectivity index (χ1) is 8.66. The van der Waals surface area contributed by atoms with Gasteiger partial charge in [-0.2, -0.15) is 11.8 Å². The number of nitrogens with zero attached hydrogens (tertiary/aromatic N) is 3. The molecular weight excluding hydrogens is 391 g/mol. The quantitative estimate of drug-likeness (QED) is 0.470. The first-order valence-corrected chi connectivity index (χ1v) is 8.19. The Morgan fingerprint density at radius 1 is 1.37 bits per heavy atom. The van der Waals surface area contributed by atoms with E-state index in [1.54, 1.807) is 11.3 Å². The zero-order chi connectivity index (χ0) is 13.0. The van der Waals surface area contributed by atoms with Crippen LogP contribution >= 0.6 is 47.1 Å². The topological polar surface area (TPSA) is 54.5 Å². The van der Waals surface area contributed by atoms with E-state index in [4.69, 9.17) is 5.73 Å². The van der Waals surface area contributed by atoms with Gasteiger partial charge in [0.25, 0.3) is 0 Å². The van der Waals surface area contributed by atoms with Crippen LogP contribution < -0.4 is 5.73 Å². The van der Waals surface area contributed by atoms with Crippen molar-refractivity contribution in [3.8, 4) is 0 Å². The number of hydrogen-bond acceptors (Lipinski definition) is 4. The van der Waals surface area contributed by atoms with Gasteiger partial charge in [0.1, 0.15) is 0 Å². The fraction of sp³-hybridized carbons (Fsp3) is 0.667. The molecular formula is C12H21IN4S2. The molecule has 108 valence electrons. The molecule has 1 fully saturated rings. The summed E-state index contributed by atoms with van der Waals surface area (Å²) in [4.78, 5) is 12.4. The highest BCUT2D eigenvalue weighted by molar-refractivity contribution is 14.0. The lowest BCUT2D eigenvalue weighted by Crippen LogP contribution is -2.42. The number of nitrogens with two attached hydrogens (primary N) is 1. The molecule has 1 saturated heterocycles. The van der Waals surface area contributed by atoms with E-state index in [0.29, 0.717) is 5.96 Å². The molecule has 19 heavy (non-hydrogen) atoms. The summed E-state index contributed by atoms with van der Waals surface area (Å²) in [6, 6.07) is 0. The number of halogens is 1. The number of guanidine groups is 1. The molecule has 0 aliphatic carbocycles. The van der Waals surface area contributed by atoms with Crippen molar-refractivity contribution < 1.29 is 0 Å². The Morgan fingerprint density at radius 3 is 2.63 bits per heavy atom. The Kier molecular flexibility index (Phi) is 7.45. The predicted octanol–water partition coefficient (Wildman–Crippen LogP) is 2.28. The molecule has 0 radical (unpaired) electrons. The Hall–Kier alpha value is -0.0200. The van der Waals surface area contributed by atoms with Gasteiger partial charge in [-0.3, -0.25) is 4.99 Å². The van der Waals surface area contributed by atoms with Crippen LogP contribution in [0.5, 0.6) is 0 Å². The number of thiazole rings is 1. The normalized spacial score (nSPS) is 16.3. The van der Waals surface area contributed by atoms with Gasteiger partial charge in [0.05, 0.1) is 10.7 Å². The molecule has 1 aromatic rings. The van der Waals surface area contributed by atoms with Crippen molar-refractivity contribution in [1.82, 2.24) is 9.88 Å². The summed E-state index contributed by atoms with van der Waals surface area (Å²) in [5.41, 5.74) is 7.14. The maximum atomic E-state index is 6.00. The van der Waals surface area contributed by atoms with Crippen LogP contribution in [0.2, 0.25) is 0 Å². The summed E-state index contributed by atoms with van der Waals surface area (Å²) in [6.07, 6.45) is 0.892. The fourth-order valence-electron chi connectivity index (χ4n) is 1.80. The third-order valence-electron chi connectivity index (χ3n) is 3.01. The molecule has 0 spiro atoms. The van der Waals surface area contributed by atoms with Gasteiger partial charge in [0.15, 0.2) is 5.96 Å². The molecule has 0 amide bonds. The average Bonchev–Trinajstić information content (AvgIpc) is 2.69. The molecule has 0 atom stereocenters. The van der Waals surface area contributed by atoms with Gasteiger partial charge in [-0.15, -0.1) is 35.3 Å². The molecule has 4 nitrogen and oxygen atoms in total. The molecule has 7 heteroatoms. The minimum atomic E-state index is 0. The highest BCUT2D eigenvalue weighted by Gasteiger charge is 2.11. The molecule has 0 aromatic carbocycles. The van der Waals surface area contributed by atoms with Crippen LogP contribution in [0.1, 0.15) is 15.6 Å². The van der Waals surface area contributed by atoms with Gasteiger partial charge in [-0.25, -0.2) is 4.98 Å². The summed E-state index contributed by atoms with van der Waals surface area (Å²) < 4.78 is 0. The number of thioether (sulfide) groups is 1. The second kappa shape index (κ2) is 8.31. The van der Waals surface area contributed by atoms with Crippen molar-refractivity contribution in [2.45, 2.75) is 20.3 Å². The summed E-state index contributed by atoms with van der Waals surface area (Å²) in [5.74, 6) is 3.00. The van der Waals surface area contributed by atoms with Crippen LogP contribution in [0.3, 0.4) is 0 Å². The first-order valence-electron chi connectivity index (χ1n) is 6.22. The van der Waals surface area contributed by atoms with Gasteiger partial charge in [-0.1, -0.05) is 0 Å². The number of rotatable bonds is 3. The molecule has 0 saturated carbocycles. The molecule has 0 bridgehead atoms. The van der Waals surface area contributed by atoms with Crippen molar-refractivity contribution in [2.75, 3.05) is 31.1 Å². The van der Waals surface area contributed by atoms with E-state index in [1.165, 1.54) is 4.88 Å². The number of hydrogen-bond donors (Lipinski definition) is 1. The predicted molar refractivity (Wildman–Crippen MR) is 96.1 cm³/mol. The molecule has 2 rings (SSSR count). The van der Waals surface area contributed by atoms with Crippen LogP contribution in [0.4, 0.5) is 0 Å². The van der Waals surface area contributed by atoms with E-state index in [-0.39, 0.29) is 24.0 Å². The molecule has 2 N–H and O–H groups in total. The smallest absolute Gasteiger partial charge is 0.191 e. The summed E-state index contributed by atoms with van der Waals surface area (Å²) in [6.45, 7) is 6.95. The fourth-order valence-corrected chi connectivity index (χ4v) is 3.63. The van der Waals surface area contributed by atoms with E-state index in [1.807, 2.05) is 11.8 Å². The third-order valence-corrected chi connectivity index (χ3v) is 5.08. The summed E-state index contributed by atoms with van der Waals surface area (Å²) in [5, 5.41) is 1.16. The van der Waals surface area contributed by atoms with E-state index in [9.17, 15) is 0 Å². The van der Waals surface area contributed by atoms with E-state index in [0.717, 1.165) is 48.3 Å². The largest absolute Gasteiger partial charge is 0.370 e. The minimum absolute atomic E-state index is 0. The molecule has 2 heterocycles. The van der Waals surface area contributed by atoms with Crippen LogP contribution in [0.25, 0.3) is 0 Å². The highest BCUT2D eigenvalue weighted by Crippen LogP contribution is 2.16. The molecule has 1 aliphatic rings. The van der Waals surface area contributed by atoms with Crippen molar-refractivity contribution in [1.29, 1.82) is 0 Å². The van der Waals surface area contributed by atoms with E-state index in [2.05, 4.69) is 28.7 Å². The lowest BCUT2D eigenvalue weighted by atomic mass is 10.4. The Bertz CT molecular complexity index is 408. The minimum Gasteiger partial charge on any atom is -0.370 e. The zero-order valence-corrected chi connectivity index (χ0v) is 15.3. The van der Waals surface area contributed by atoms with Crippen molar-refractivity contribution in [3.05, 3.63) is 15.6 Å². The maximum Gasteiger partial charge on any atom is 0.191 e. The lowest BCUT2D eigenvalue weighted by molar-refractivity contribution is 0.456. The maximum absolute atomic E-state index is 6.00. The second-order valence-electron chi connectivity index (χ2n) is 4.34. The number of aliphatic imine (C=N–C) groups is 1. The molecule has 0 unspecified atom stereocenters.